The van der Waals surface area contributed by atoms with E-state index < -0.39 is 0 Å². The zero-order chi connectivity index (χ0) is 17.4. The topological polar surface area (TPSA) is 54.0 Å². The summed E-state index contributed by atoms with van der Waals surface area (Å²) in [6.45, 7) is 3.88. The van der Waals surface area contributed by atoms with Gasteiger partial charge in [0.15, 0.2) is 0 Å². The van der Waals surface area contributed by atoms with Crippen LogP contribution in [0.3, 0.4) is 0 Å². The summed E-state index contributed by atoms with van der Waals surface area (Å²) in [4.78, 5) is 18.5. The number of thiazole rings is 1. The monoisotopic (exact) mass is 395 g/mol. The molecule has 1 saturated heterocycles. The number of nitrogens with one attached hydrogen (secondary N) is 2. The van der Waals surface area contributed by atoms with Crippen LogP contribution in [-0.2, 0) is 11.2 Å². The quantitative estimate of drug-likeness (QED) is 0.829. The van der Waals surface area contributed by atoms with Crippen molar-refractivity contribution in [1.29, 1.82) is 0 Å². The number of halogens is 2. The average molecular weight is 396 g/mol. The smallest absolute Gasteiger partial charge is 0.223 e. The van der Waals surface area contributed by atoms with Gasteiger partial charge in [-0.05, 0) is 62.5 Å². The summed E-state index contributed by atoms with van der Waals surface area (Å²) in [6, 6.07) is 6.50. The molecule has 1 fully saturated rings. The molecule has 0 saturated carbocycles. The zero-order valence-electron chi connectivity index (χ0n) is 14.6. The molecule has 2 atom stereocenters. The van der Waals surface area contributed by atoms with Gasteiger partial charge < -0.3 is 10.6 Å². The van der Waals surface area contributed by atoms with E-state index in [-0.39, 0.29) is 36.1 Å². The molecule has 140 valence electrons. The highest BCUT2D eigenvalue weighted by Crippen LogP contribution is 2.38. The van der Waals surface area contributed by atoms with E-state index in [2.05, 4.69) is 10.6 Å². The second-order valence-electron chi connectivity index (χ2n) is 7.00. The van der Waals surface area contributed by atoms with Crippen LogP contribution in [0.25, 0.3) is 10.6 Å². The summed E-state index contributed by atoms with van der Waals surface area (Å²) in [5.74, 6) is 0.381. The molecule has 1 aliphatic heterocycles. The highest BCUT2D eigenvalue weighted by molar-refractivity contribution is 7.15. The summed E-state index contributed by atoms with van der Waals surface area (Å²) in [5, 5.41) is 7.37. The van der Waals surface area contributed by atoms with Gasteiger partial charge in [-0.25, -0.2) is 9.37 Å². The van der Waals surface area contributed by atoms with E-state index >= 15 is 0 Å². The Labute approximate surface area is 163 Å². The number of benzene rings is 1. The van der Waals surface area contributed by atoms with Gasteiger partial charge in [0.2, 0.25) is 5.91 Å². The molecule has 26 heavy (non-hydrogen) atoms. The van der Waals surface area contributed by atoms with Crippen LogP contribution in [0.1, 0.15) is 36.4 Å². The lowest BCUT2D eigenvalue weighted by atomic mass is 9.87. The first kappa shape index (κ1) is 19.3. The molecule has 2 heterocycles. The molecule has 2 aromatic rings. The Morgan fingerprint density at radius 3 is 2.73 bits per heavy atom. The second kappa shape index (κ2) is 8.03. The number of hydrogen-bond acceptors (Lipinski definition) is 4. The summed E-state index contributed by atoms with van der Waals surface area (Å²) in [5.41, 5.74) is 2.01. The lowest BCUT2D eigenvalue weighted by molar-refractivity contribution is -0.127. The molecule has 4 nitrogen and oxygen atoms in total. The molecule has 2 aliphatic rings. The largest absolute Gasteiger partial charge is 0.348 e. The summed E-state index contributed by atoms with van der Waals surface area (Å²) in [7, 11) is 0. The maximum absolute atomic E-state index is 13.1. The Balaban J connectivity index is 0.00000196. The molecular weight excluding hydrogens is 373 g/mol. The van der Waals surface area contributed by atoms with Crippen LogP contribution in [-0.4, -0.2) is 24.0 Å². The number of nitrogens with zero attached hydrogens (tertiary/aromatic N) is 1. The molecule has 0 radical (unpaired) electrons. The van der Waals surface area contributed by atoms with E-state index in [9.17, 15) is 9.18 Å². The van der Waals surface area contributed by atoms with E-state index in [1.807, 2.05) is 6.92 Å². The number of fused-ring (bicyclic) bond motifs is 1. The number of hydrogen-bond donors (Lipinski definition) is 2. The van der Waals surface area contributed by atoms with Crippen molar-refractivity contribution in [2.75, 3.05) is 13.1 Å². The molecular formula is C19H23ClFN3OS. The van der Waals surface area contributed by atoms with Crippen molar-refractivity contribution in [3.05, 3.63) is 40.7 Å². The van der Waals surface area contributed by atoms with E-state index in [0.29, 0.717) is 5.92 Å². The Morgan fingerprint density at radius 2 is 2.08 bits per heavy atom. The predicted molar refractivity (Wildman–Crippen MR) is 104 cm³/mol. The third-order valence-electron chi connectivity index (χ3n) is 5.29. The first-order valence-electron chi connectivity index (χ1n) is 8.88. The van der Waals surface area contributed by atoms with Gasteiger partial charge in [-0.1, -0.05) is 6.92 Å². The van der Waals surface area contributed by atoms with Crippen molar-refractivity contribution >= 4 is 29.7 Å². The van der Waals surface area contributed by atoms with Crippen molar-refractivity contribution in [3.8, 4) is 10.6 Å². The van der Waals surface area contributed by atoms with E-state index in [1.54, 1.807) is 23.5 Å². The van der Waals surface area contributed by atoms with Gasteiger partial charge in [0, 0.05) is 11.5 Å². The van der Waals surface area contributed by atoms with Gasteiger partial charge in [-0.2, -0.15) is 0 Å². The van der Waals surface area contributed by atoms with E-state index in [4.69, 9.17) is 4.98 Å². The van der Waals surface area contributed by atoms with Gasteiger partial charge in [0.1, 0.15) is 10.8 Å². The molecule has 1 aromatic heterocycles. The summed E-state index contributed by atoms with van der Waals surface area (Å²) in [6.07, 6.45) is 2.94. The van der Waals surface area contributed by atoms with Crippen molar-refractivity contribution in [2.24, 2.45) is 11.8 Å². The third-order valence-corrected chi connectivity index (χ3v) is 6.55. The molecule has 4 rings (SSSR count). The highest BCUT2D eigenvalue weighted by atomic mass is 35.5. The van der Waals surface area contributed by atoms with Crippen molar-refractivity contribution in [1.82, 2.24) is 15.6 Å². The Hall–Kier alpha value is -1.50. The number of aryl methyl sites for hydroxylation is 1. The van der Waals surface area contributed by atoms with Gasteiger partial charge in [-0.3, -0.25) is 4.79 Å². The molecule has 0 bridgehead atoms. The van der Waals surface area contributed by atoms with E-state index in [1.165, 1.54) is 12.1 Å². The molecule has 1 aliphatic carbocycles. The number of amides is 1. The molecule has 1 aromatic carbocycles. The Kier molecular flexibility index (Phi) is 5.95. The van der Waals surface area contributed by atoms with Crippen LogP contribution >= 0.6 is 23.7 Å². The van der Waals surface area contributed by atoms with Gasteiger partial charge in [0.05, 0.1) is 16.6 Å². The second-order valence-corrected chi connectivity index (χ2v) is 8.03. The number of carbonyl (C=O) groups excluding carboxylic acids is 1. The van der Waals surface area contributed by atoms with Crippen LogP contribution in [0.5, 0.6) is 0 Å². The van der Waals surface area contributed by atoms with E-state index in [0.717, 1.165) is 53.5 Å². The van der Waals surface area contributed by atoms with Gasteiger partial charge >= 0.3 is 0 Å². The number of aromatic nitrogens is 1. The Bertz CT molecular complexity index is 776. The number of rotatable bonds is 4. The minimum atomic E-state index is -0.241. The fraction of sp³-hybridized carbons (Fsp3) is 0.474. The first-order chi connectivity index (χ1) is 12.1. The normalized spacial score (nSPS) is 20.5. The molecule has 2 N–H and O–H groups in total. The lowest BCUT2D eigenvalue weighted by Gasteiger charge is -2.33. The molecule has 2 unspecified atom stereocenters. The van der Waals surface area contributed by atoms with Crippen LogP contribution < -0.4 is 10.6 Å². The fourth-order valence-corrected chi connectivity index (χ4v) is 4.66. The molecule has 0 spiro atoms. The molecule has 1 amide bonds. The van der Waals surface area contributed by atoms with Crippen molar-refractivity contribution in [2.45, 2.75) is 32.2 Å². The SMILES string of the molecule is CC(C(=O)NC1CCCc2nc(-c3ccc(F)cc3)sc21)C1CNC1.Cl. The van der Waals surface area contributed by atoms with Gasteiger partial charge in [-0.15, -0.1) is 23.7 Å². The first-order valence-corrected chi connectivity index (χ1v) is 9.70. The van der Waals surface area contributed by atoms with Crippen molar-refractivity contribution in [3.63, 3.8) is 0 Å². The summed E-state index contributed by atoms with van der Waals surface area (Å²) < 4.78 is 13.1. The van der Waals surface area contributed by atoms with Crippen molar-refractivity contribution < 1.29 is 9.18 Å². The van der Waals surface area contributed by atoms with Crippen LogP contribution in [0, 0.1) is 17.7 Å². The van der Waals surface area contributed by atoms with Crippen LogP contribution in [0.4, 0.5) is 4.39 Å². The highest BCUT2D eigenvalue weighted by Gasteiger charge is 2.32. The minimum absolute atomic E-state index is 0. The van der Waals surface area contributed by atoms with Crippen LogP contribution in [0.15, 0.2) is 24.3 Å². The number of carbonyl (C=O) groups is 1. The summed E-state index contributed by atoms with van der Waals surface area (Å²) >= 11 is 1.62. The average Bonchev–Trinajstić information content (AvgIpc) is 2.99. The van der Waals surface area contributed by atoms with Gasteiger partial charge in [0.25, 0.3) is 0 Å². The standard InChI is InChI=1S/C19H22FN3OS.ClH/c1-11(13-9-21-10-13)18(24)22-15-3-2-4-16-17(15)25-19(23-16)12-5-7-14(20)8-6-12;/h5-8,11,13,15,21H,2-4,9-10H2,1H3,(H,22,24);1H. The zero-order valence-corrected chi connectivity index (χ0v) is 16.3. The minimum Gasteiger partial charge on any atom is -0.348 e. The maximum Gasteiger partial charge on any atom is 0.223 e. The third kappa shape index (κ3) is 3.77. The molecule has 7 heteroatoms. The predicted octanol–water partition coefficient (Wildman–Crippen LogP) is 3.72. The Morgan fingerprint density at radius 1 is 1.35 bits per heavy atom. The van der Waals surface area contributed by atoms with Crippen LogP contribution in [0.2, 0.25) is 0 Å². The lowest BCUT2D eigenvalue weighted by Crippen LogP contribution is -2.50. The fourth-order valence-electron chi connectivity index (χ4n) is 3.46. The maximum atomic E-state index is 13.1.